The smallest absolute Gasteiger partial charge is 0.0640 e. The van der Waals surface area contributed by atoms with Gasteiger partial charge in [-0.05, 0) is 51.4 Å². The quantitative estimate of drug-likeness (QED) is 0.673. The summed E-state index contributed by atoms with van der Waals surface area (Å²) in [4.78, 5) is 2.47. The molecule has 0 saturated heterocycles. The molecule has 0 radical (unpaired) electrons. The van der Waals surface area contributed by atoms with Crippen LogP contribution < -0.4 is 5.32 Å². The van der Waals surface area contributed by atoms with Crippen LogP contribution in [0.25, 0.3) is 0 Å². The van der Waals surface area contributed by atoms with Crippen LogP contribution in [0.3, 0.4) is 0 Å². The largest absolute Gasteiger partial charge is 0.310 e. The standard InChI is InChI=1S/C17H28Cl2N2/c1-5-11-20-16(10-12-21(6-2)13(3)4)14-8-7-9-15(18)17(14)19/h7-9,13,16,20H,5-6,10-12H2,1-4H3. The van der Waals surface area contributed by atoms with Gasteiger partial charge in [0.1, 0.15) is 0 Å². The second-order valence-electron chi connectivity index (χ2n) is 5.66. The van der Waals surface area contributed by atoms with Gasteiger partial charge in [0.25, 0.3) is 0 Å². The van der Waals surface area contributed by atoms with E-state index in [4.69, 9.17) is 23.2 Å². The van der Waals surface area contributed by atoms with Gasteiger partial charge in [-0.3, -0.25) is 0 Å². The lowest BCUT2D eigenvalue weighted by Crippen LogP contribution is -2.34. The average Bonchev–Trinajstić information content (AvgIpc) is 2.46. The van der Waals surface area contributed by atoms with Gasteiger partial charge in [-0.2, -0.15) is 0 Å². The first-order valence-electron chi connectivity index (χ1n) is 7.92. The summed E-state index contributed by atoms with van der Waals surface area (Å²) in [5.41, 5.74) is 1.11. The number of benzene rings is 1. The van der Waals surface area contributed by atoms with Gasteiger partial charge in [0.15, 0.2) is 0 Å². The molecule has 1 aromatic carbocycles. The molecule has 0 spiro atoms. The van der Waals surface area contributed by atoms with Crippen molar-refractivity contribution < 1.29 is 0 Å². The minimum atomic E-state index is 0.254. The van der Waals surface area contributed by atoms with Crippen LogP contribution in [-0.2, 0) is 0 Å². The van der Waals surface area contributed by atoms with Crippen molar-refractivity contribution in [1.29, 1.82) is 0 Å². The van der Waals surface area contributed by atoms with Crippen molar-refractivity contribution in [2.75, 3.05) is 19.6 Å². The Balaban J connectivity index is 2.82. The van der Waals surface area contributed by atoms with Crippen LogP contribution in [0.15, 0.2) is 18.2 Å². The highest BCUT2D eigenvalue weighted by Gasteiger charge is 2.17. The summed E-state index contributed by atoms with van der Waals surface area (Å²) in [7, 11) is 0. The first-order chi connectivity index (χ1) is 10.0. The Morgan fingerprint density at radius 3 is 2.48 bits per heavy atom. The highest BCUT2D eigenvalue weighted by atomic mass is 35.5. The fourth-order valence-corrected chi connectivity index (χ4v) is 2.99. The van der Waals surface area contributed by atoms with Crippen molar-refractivity contribution in [3.8, 4) is 0 Å². The molecule has 0 fully saturated rings. The predicted molar refractivity (Wildman–Crippen MR) is 94.5 cm³/mol. The van der Waals surface area contributed by atoms with Gasteiger partial charge in [0, 0.05) is 18.6 Å². The average molecular weight is 331 g/mol. The molecular weight excluding hydrogens is 303 g/mol. The van der Waals surface area contributed by atoms with E-state index < -0.39 is 0 Å². The van der Waals surface area contributed by atoms with Crippen molar-refractivity contribution in [2.45, 2.75) is 52.6 Å². The van der Waals surface area contributed by atoms with Gasteiger partial charge in [-0.15, -0.1) is 0 Å². The molecule has 0 bridgehead atoms. The Kier molecular flexibility index (Phi) is 8.65. The molecule has 0 heterocycles. The van der Waals surface area contributed by atoms with Crippen LogP contribution in [0.2, 0.25) is 10.0 Å². The maximum atomic E-state index is 6.39. The van der Waals surface area contributed by atoms with Crippen LogP contribution >= 0.6 is 23.2 Å². The van der Waals surface area contributed by atoms with E-state index in [-0.39, 0.29) is 6.04 Å². The number of nitrogens with zero attached hydrogens (tertiary/aromatic N) is 1. The number of halogens is 2. The van der Waals surface area contributed by atoms with E-state index in [0.29, 0.717) is 16.1 Å². The Bertz CT molecular complexity index is 421. The summed E-state index contributed by atoms with van der Waals surface area (Å²) >= 11 is 12.6. The molecule has 0 aliphatic carbocycles. The monoisotopic (exact) mass is 330 g/mol. The van der Waals surface area contributed by atoms with Gasteiger partial charge in [-0.25, -0.2) is 0 Å². The molecule has 1 rings (SSSR count). The van der Waals surface area contributed by atoms with E-state index in [1.807, 2.05) is 12.1 Å². The third-order valence-corrected chi connectivity index (χ3v) is 4.67. The first kappa shape index (κ1) is 18.8. The third kappa shape index (κ3) is 5.78. The molecule has 1 unspecified atom stereocenters. The summed E-state index contributed by atoms with van der Waals surface area (Å²) < 4.78 is 0. The lowest BCUT2D eigenvalue weighted by atomic mass is 10.0. The Morgan fingerprint density at radius 2 is 1.90 bits per heavy atom. The maximum Gasteiger partial charge on any atom is 0.0640 e. The topological polar surface area (TPSA) is 15.3 Å². The SMILES string of the molecule is CCCNC(CCN(CC)C(C)C)c1cccc(Cl)c1Cl. The molecule has 120 valence electrons. The molecule has 2 nitrogen and oxygen atoms in total. The van der Waals surface area contributed by atoms with E-state index in [1.54, 1.807) is 0 Å². The summed E-state index contributed by atoms with van der Waals surface area (Å²) in [6, 6.07) is 6.72. The predicted octanol–water partition coefficient (Wildman–Crippen LogP) is 5.15. The summed E-state index contributed by atoms with van der Waals surface area (Å²) in [6.45, 7) is 12.0. The van der Waals surface area contributed by atoms with Crippen molar-refractivity contribution in [1.82, 2.24) is 10.2 Å². The van der Waals surface area contributed by atoms with E-state index >= 15 is 0 Å². The van der Waals surface area contributed by atoms with Gasteiger partial charge >= 0.3 is 0 Å². The maximum absolute atomic E-state index is 6.39. The summed E-state index contributed by atoms with van der Waals surface area (Å²) in [6.07, 6.45) is 2.14. The molecule has 0 saturated carbocycles. The normalized spacial score (nSPS) is 13.1. The van der Waals surface area contributed by atoms with E-state index in [0.717, 1.165) is 38.0 Å². The van der Waals surface area contributed by atoms with E-state index in [1.165, 1.54) is 0 Å². The number of nitrogens with one attached hydrogen (secondary N) is 1. The zero-order valence-electron chi connectivity index (χ0n) is 13.6. The van der Waals surface area contributed by atoms with Crippen molar-refractivity contribution in [2.24, 2.45) is 0 Å². The highest BCUT2D eigenvalue weighted by molar-refractivity contribution is 6.42. The molecule has 1 N–H and O–H groups in total. The molecule has 4 heteroatoms. The zero-order valence-corrected chi connectivity index (χ0v) is 15.1. The van der Waals surface area contributed by atoms with Gasteiger partial charge < -0.3 is 10.2 Å². The Hall–Kier alpha value is -0.280. The Morgan fingerprint density at radius 1 is 1.19 bits per heavy atom. The molecule has 0 aliphatic heterocycles. The number of hydrogen-bond acceptors (Lipinski definition) is 2. The third-order valence-electron chi connectivity index (χ3n) is 3.84. The van der Waals surface area contributed by atoms with Crippen molar-refractivity contribution in [3.05, 3.63) is 33.8 Å². The minimum Gasteiger partial charge on any atom is -0.310 e. The number of rotatable bonds is 9. The molecule has 0 aromatic heterocycles. The van der Waals surface area contributed by atoms with Crippen LogP contribution in [0.5, 0.6) is 0 Å². The van der Waals surface area contributed by atoms with Crippen molar-refractivity contribution >= 4 is 23.2 Å². The lowest BCUT2D eigenvalue weighted by molar-refractivity contribution is 0.220. The molecular formula is C17H28Cl2N2. The highest BCUT2D eigenvalue weighted by Crippen LogP contribution is 2.31. The summed E-state index contributed by atoms with van der Waals surface area (Å²) in [5, 5.41) is 4.92. The van der Waals surface area contributed by atoms with Gasteiger partial charge in [0.2, 0.25) is 0 Å². The molecule has 21 heavy (non-hydrogen) atoms. The fourth-order valence-electron chi connectivity index (χ4n) is 2.55. The van der Waals surface area contributed by atoms with Crippen LogP contribution in [0, 0.1) is 0 Å². The van der Waals surface area contributed by atoms with Gasteiger partial charge in [-0.1, -0.05) is 49.2 Å². The molecule has 1 aromatic rings. The van der Waals surface area contributed by atoms with E-state index in [2.05, 4.69) is 44.0 Å². The zero-order chi connectivity index (χ0) is 15.8. The summed E-state index contributed by atoms with van der Waals surface area (Å²) in [5.74, 6) is 0. The molecule has 0 amide bonds. The van der Waals surface area contributed by atoms with E-state index in [9.17, 15) is 0 Å². The minimum absolute atomic E-state index is 0.254. The fraction of sp³-hybridized carbons (Fsp3) is 0.647. The first-order valence-corrected chi connectivity index (χ1v) is 8.68. The van der Waals surface area contributed by atoms with Crippen LogP contribution in [-0.4, -0.2) is 30.6 Å². The van der Waals surface area contributed by atoms with Gasteiger partial charge in [0.05, 0.1) is 10.0 Å². The molecule has 1 atom stereocenters. The van der Waals surface area contributed by atoms with Crippen molar-refractivity contribution in [3.63, 3.8) is 0 Å². The second-order valence-corrected chi connectivity index (χ2v) is 6.45. The molecule has 0 aliphatic rings. The number of hydrogen-bond donors (Lipinski definition) is 1. The Labute approximate surface area is 139 Å². The second kappa shape index (κ2) is 9.68. The van der Waals surface area contributed by atoms with Crippen LogP contribution in [0.4, 0.5) is 0 Å². The lowest BCUT2D eigenvalue weighted by Gasteiger charge is -2.28. The van der Waals surface area contributed by atoms with Crippen LogP contribution in [0.1, 0.15) is 52.1 Å².